The standard InChI is InChI=1S/C19H19F3N4O/c1-12(25-18(27)10-15-6-4-8-23-15)17-11-24-26(13(17)2)16-7-3-5-14(9-16)19(20,21)22/h3-9,11-12,23H,10H2,1-2H3,(H,25,27)/t12-/m0/s1. The third-order valence-electron chi connectivity index (χ3n) is 4.32. The fourth-order valence-electron chi connectivity index (χ4n) is 2.94. The van der Waals surface area contributed by atoms with E-state index in [4.69, 9.17) is 0 Å². The molecule has 142 valence electrons. The van der Waals surface area contributed by atoms with Crippen molar-refractivity contribution < 1.29 is 18.0 Å². The van der Waals surface area contributed by atoms with Crippen LogP contribution < -0.4 is 5.32 Å². The summed E-state index contributed by atoms with van der Waals surface area (Å²) in [5.74, 6) is -0.156. The smallest absolute Gasteiger partial charge is 0.365 e. The maximum atomic E-state index is 12.9. The predicted octanol–water partition coefficient (Wildman–Crippen LogP) is 3.95. The number of benzene rings is 1. The average Bonchev–Trinajstić information content (AvgIpc) is 3.23. The maximum Gasteiger partial charge on any atom is 0.416 e. The minimum Gasteiger partial charge on any atom is -0.365 e. The number of amides is 1. The van der Waals surface area contributed by atoms with Gasteiger partial charge in [-0.1, -0.05) is 6.07 Å². The maximum absolute atomic E-state index is 12.9. The van der Waals surface area contributed by atoms with Gasteiger partial charge in [0, 0.05) is 23.1 Å². The highest BCUT2D eigenvalue weighted by molar-refractivity contribution is 5.78. The number of hydrogen-bond donors (Lipinski definition) is 2. The predicted molar refractivity (Wildman–Crippen MR) is 94.4 cm³/mol. The van der Waals surface area contributed by atoms with Crippen molar-refractivity contribution >= 4 is 5.91 Å². The zero-order chi connectivity index (χ0) is 19.6. The fourth-order valence-corrected chi connectivity index (χ4v) is 2.94. The number of hydrogen-bond acceptors (Lipinski definition) is 2. The molecule has 0 aliphatic carbocycles. The van der Waals surface area contributed by atoms with E-state index in [2.05, 4.69) is 15.4 Å². The van der Waals surface area contributed by atoms with E-state index in [1.165, 1.54) is 10.7 Å². The number of nitrogens with one attached hydrogen (secondary N) is 2. The van der Waals surface area contributed by atoms with Crippen LogP contribution in [0.25, 0.3) is 5.69 Å². The van der Waals surface area contributed by atoms with E-state index >= 15 is 0 Å². The van der Waals surface area contributed by atoms with Crippen LogP contribution in [-0.4, -0.2) is 20.7 Å². The van der Waals surface area contributed by atoms with E-state index in [-0.39, 0.29) is 18.4 Å². The van der Waals surface area contributed by atoms with Crippen molar-refractivity contribution in [3.63, 3.8) is 0 Å². The van der Waals surface area contributed by atoms with Crippen molar-refractivity contribution in [2.75, 3.05) is 0 Å². The summed E-state index contributed by atoms with van der Waals surface area (Å²) in [6, 6.07) is 8.29. The van der Waals surface area contributed by atoms with Crippen LogP contribution in [0.2, 0.25) is 0 Å². The molecular weight excluding hydrogens is 357 g/mol. The van der Waals surface area contributed by atoms with Crippen molar-refractivity contribution in [1.82, 2.24) is 20.1 Å². The Kier molecular flexibility index (Phi) is 5.07. The van der Waals surface area contributed by atoms with Crippen LogP contribution in [0.4, 0.5) is 13.2 Å². The van der Waals surface area contributed by atoms with Crippen LogP contribution in [0.5, 0.6) is 0 Å². The average molecular weight is 376 g/mol. The molecule has 27 heavy (non-hydrogen) atoms. The second-order valence-corrected chi connectivity index (χ2v) is 6.31. The zero-order valence-electron chi connectivity index (χ0n) is 14.8. The molecule has 1 amide bonds. The van der Waals surface area contributed by atoms with Gasteiger partial charge in [-0.25, -0.2) is 4.68 Å². The molecule has 0 aliphatic heterocycles. The first-order valence-corrected chi connectivity index (χ1v) is 8.39. The number of carbonyl (C=O) groups is 1. The lowest BCUT2D eigenvalue weighted by atomic mass is 10.1. The highest BCUT2D eigenvalue weighted by atomic mass is 19.4. The van der Waals surface area contributed by atoms with Crippen molar-refractivity contribution in [1.29, 1.82) is 0 Å². The molecular formula is C19H19F3N4O. The van der Waals surface area contributed by atoms with Gasteiger partial charge in [-0.2, -0.15) is 18.3 Å². The Hall–Kier alpha value is -3.03. The van der Waals surface area contributed by atoms with Gasteiger partial charge in [0.25, 0.3) is 0 Å². The van der Waals surface area contributed by atoms with Crippen LogP contribution in [0, 0.1) is 6.92 Å². The quantitative estimate of drug-likeness (QED) is 0.708. The summed E-state index contributed by atoms with van der Waals surface area (Å²) in [6.45, 7) is 3.57. The number of H-pyrrole nitrogens is 1. The molecule has 0 unspecified atom stereocenters. The van der Waals surface area contributed by atoms with Gasteiger partial charge in [0.15, 0.2) is 0 Å². The molecule has 1 aromatic carbocycles. The summed E-state index contributed by atoms with van der Waals surface area (Å²) in [5, 5.41) is 7.09. The van der Waals surface area contributed by atoms with Gasteiger partial charge in [-0.15, -0.1) is 0 Å². The molecule has 0 saturated heterocycles. The summed E-state index contributed by atoms with van der Waals surface area (Å²) in [7, 11) is 0. The van der Waals surface area contributed by atoms with Crippen LogP contribution >= 0.6 is 0 Å². The lowest BCUT2D eigenvalue weighted by molar-refractivity contribution is -0.137. The lowest BCUT2D eigenvalue weighted by Gasteiger charge is -2.14. The van der Waals surface area contributed by atoms with Crippen molar-refractivity contribution in [2.24, 2.45) is 0 Å². The first-order valence-electron chi connectivity index (χ1n) is 8.39. The number of aromatic nitrogens is 3. The van der Waals surface area contributed by atoms with Crippen LogP contribution in [0.15, 0.2) is 48.8 Å². The Morgan fingerprint density at radius 1 is 1.30 bits per heavy atom. The highest BCUT2D eigenvalue weighted by Gasteiger charge is 2.30. The van der Waals surface area contributed by atoms with Crippen molar-refractivity contribution in [3.05, 3.63) is 71.3 Å². The van der Waals surface area contributed by atoms with E-state index in [9.17, 15) is 18.0 Å². The molecule has 0 spiro atoms. The molecule has 1 atom stereocenters. The van der Waals surface area contributed by atoms with Crippen LogP contribution in [-0.2, 0) is 17.4 Å². The topological polar surface area (TPSA) is 62.7 Å². The van der Waals surface area contributed by atoms with Gasteiger partial charge in [0.05, 0.1) is 29.9 Å². The summed E-state index contributed by atoms with van der Waals surface area (Å²) < 4.78 is 40.3. The second kappa shape index (κ2) is 7.30. The molecule has 2 heterocycles. The summed E-state index contributed by atoms with van der Waals surface area (Å²) in [6.07, 6.45) is -0.887. The van der Waals surface area contributed by atoms with E-state index in [1.54, 1.807) is 25.4 Å². The molecule has 3 rings (SSSR count). The number of halogens is 3. The molecule has 0 saturated carbocycles. The van der Waals surface area contributed by atoms with Crippen LogP contribution in [0.3, 0.4) is 0 Å². The zero-order valence-corrected chi connectivity index (χ0v) is 14.8. The molecule has 0 radical (unpaired) electrons. The highest BCUT2D eigenvalue weighted by Crippen LogP contribution is 2.31. The number of aromatic amines is 1. The Balaban J connectivity index is 1.78. The van der Waals surface area contributed by atoms with Gasteiger partial charge in [0.1, 0.15) is 0 Å². The first kappa shape index (κ1) is 18.8. The molecule has 2 aromatic heterocycles. The normalized spacial score (nSPS) is 12.8. The van der Waals surface area contributed by atoms with Gasteiger partial charge < -0.3 is 10.3 Å². The van der Waals surface area contributed by atoms with Gasteiger partial charge in [-0.05, 0) is 44.2 Å². The first-order chi connectivity index (χ1) is 12.8. The largest absolute Gasteiger partial charge is 0.416 e. The minimum atomic E-state index is -4.42. The third kappa shape index (κ3) is 4.21. The Bertz CT molecular complexity index is 929. The molecule has 0 aliphatic rings. The Morgan fingerprint density at radius 2 is 2.07 bits per heavy atom. The summed E-state index contributed by atoms with van der Waals surface area (Å²) in [4.78, 5) is 15.1. The molecule has 3 aromatic rings. The van der Waals surface area contributed by atoms with Gasteiger partial charge in [-0.3, -0.25) is 4.79 Å². The Morgan fingerprint density at radius 3 is 2.74 bits per heavy atom. The molecule has 8 heteroatoms. The van der Waals surface area contributed by atoms with Gasteiger partial charge >= 0.3 is 6.18 Å². The monoisotopic (exact) mass is 376 g/mol. The molecule has 0 fully saturated rings. The van der Waals surface area contributed by atoms with E-state index in [0.29, 0.717) is 11.4 Å². The van der Waals surface area contributed by atoms with E-state index < -0.39 is 11.7 Å². The number of alkyl halides is 3. The Labute approximate surface area is 154 Å². The molecule has 0 bridgehead atoms. The second-order valence-electron chi connectivity index (χ2n) is 6.31. The lowest BCUT2D eigenvalue weighted by Crippen LogP contribution is -2.28. The van der Waals surface area contributed by atoms with Crippen LogP contribution in [0.1, 0.15) is 35.5 Å². The summed E-state index contributed by atoms with van der Waals surface area (Å²) >= 11 is 0. The number of nitrogens with zero attached hydrogens (tertiary/aromatic N) is 2. The van der Waals surface area contributed by atoms with Crippen molar-refractivity contribution in [3.8, 4) is 5.69 Å². The number of carbonyl (C=O) groups excluding carboxylic acids is 1. The summed E-state index contributed by atoms with van der Waals surface area (Å²) in [5.41, 5.74) is 1.80. The van der Waals surface area contributed by atoms with Crippen molar-refractivity contribution in [2.45, 2.75) is 32.5 Å². The third-order valence-corrected chi connectivity index (χ3v) is 4.32. The molecule has 2 N–H and O–H groups in total. The van der Waals surface area contributed by atoms with E-state index in [1.807, 2.05) is 19.1 Å². The van der Waals surface area contributed by atoms with Gasteiger partial charge in [0.2, 0.25) is 5.91 Å². The fraction of sp³-hybridized carbons (Fsp3) is 0.263. The minimum absolute atomic E-state index is 0.156. The molecule has 5 nitrogen and oxygen atoms in total. The van der Waals surface area contributed by atoms with E-state index in [0.717, 1.165) is 23.4 Å². The SMILES string of the molecule is Cc1c([C@H](C)NC(=O)Cc2ccc[nH]2)cnn1-c1cccc(C(F)(F)F)c1. The number of rotatable bonds is 5.